The minimum Gasteiger partial charge on any atom is -0.489 e. The molecule has 1 saturated carbocycles. The molecule has 1 aliphatic heterocycles. The molecule has 29 heavy (non-hydrogen) atoms. The van der Waals surface area contributed by atoms with Crippen LogP contribution in [0.15, 0.2) is 24.3 Å². The number of benzene rings is 1. The molecular weight excluding hydrogens is 382 g/mol. The number of amides is 2. The van der Waals surface area contributed by atoms with Gasteiger partial charge in [-0.1, -0.05) is 12.1 Å². The van der Waals surface area contributed by atoms with Crippen LogP contribution in [0, 0.1) is 5.41 Å². The van der Waals surface area contributed by atoms with E-state index in [1.165, 1.54) is 4.90 Å². The third-order valence-corrected chi connectivity index (χ3v) is 6.31. The van der Waals surface area contributed by atoms with Gasteiger partial charge in [-0.25, -0.2) is 8.78 Å². The number of hydrogen-bond donors (Lipinski definition) is 2. The van der Waals surface area contributed by atoms with Gasteiger partial charge in [-0.05, 0) is 31.4 Å². The highest BCUT2D eigenvalue weighted by Gasteiger charge is 2.71. The Labute approximate surface area is 165 Å². The summed E-state index contributed by atoms with van der Waals surface area (Å²) >= 11 is 0. The van der Waals surface area contributed by atoms with Crippen LogP contribution in [0.5, 0.6) is 5.75 Å². The molecule has 1 fully saturated rings. The van der Waals surface area contributed by atoms with E-state index in [0.717, 1.165) is 5.69 Å². The van der Waals surface area contributed by atoms with E-state index in [1.807, 2.05) is 0 Å². The molecule has 0 bridgehead atoms. The van der Waals surface area contributed by atoms with Crippen LogP contribution < -0.4 is 15.0 Å². The van der Waals surface area contributed by atoms with Gasteiger partial charge in [0.05, 0.1) is 5.69 Å². The van der Waals surface area contributed by atoms with Crippen LogP contribution in [-0.2, 0) is 17.6 Å². The molecule has 9 heteroatoms. The van der Waals surface area contributed by atoms with Gasteiger partial charge in [0.2, 0.25) is 0 Å². The number of nitrogens with one attached hydrogen (secondary N) is 2. The van der Waals surface area contributed by atoms with Crippen LogP contribution in [0.1, 0.15) is 34.6 Å². The predicted molar refractivity (Wildman–Crippen MR) is 99.2 cm³/mol. The van der Waals surface area contributed by atoms with E-state index in [1.54, 1.807) is 31.3 Å². The first kappa shape index (κ1) is 18.1. The fourth-order valence-electron chi connectivity index (χ4n) is 4.40. The molecule has 2 amide bonds. The van der Waals surface area contributed by atoms with Gasteiger partial charge in [0.25, 0.3) is 17.7 Å². The van der Waals surface area contributed by atoms with Gasteiger partial charge in [0.15, 0.2) is 5.69 Å². The topological polar surface area (TPSA) is 87.3 Å². The summed E-state index contributed by atoms with van der Waals surface area (Å²) in [5, 5.41) is 9.53. The second-order valence-electron chi connectivity index (χ2n) is 8.07. The zero-order valence-electron chi connectivity index (χ0n) is 15.8. The average Bonchev–Trinajstić information content (AvgIpc) is 3.05. The number of anilines is 1. The number of carbonyl (C=O) groups is 2. The first-order valence-electron chi connectivity index (χ1n) is 9.55. The van der Waals surface area contributed by atoms with Crippen LogP contribution in [0.4, 0.5) is 14.5 Å². The molecule has 1 unspecified atom stereocenters. The molecule has 2 heterocycles. The molecule has 2 atom stereocenters. The van der Waals surface area contributed by atoms with E-state index < -0.39 is 23.3 Å². The summed E-state index contributed by atoms with van der Waals surface area (Å²) in [6.07, 6.45) is 0.793. The average molecular weight is 402 g/mol. The summed E-state index contributed by atoms with van der Waals surface area (Å²) in [6, 6.07) is 6.20. The third kappa shape index (κ3) is 2.71. The number of halogens is 2. The Balaban J connectivity index is 1.36. The molecule has 1 aromatic heterocycles. The second-order valence-corrected chi connectivity index (χ2v) is 8.07. The zero-order chi connectivity index (χ0) is 20.4. The van der Waals surface area contributed by atoms with Crippen molar-refractivity contribution in [3.05, 3.63) is 41.2 Å². The van der Waals surface area contributed by atoms with Crippen molar-refractivity contribution in [3.63, 3.8) is 0 Å². The monoisotopic (exact) mass is 402 g/mol. The van der Waals surface area contributed by atoms with Crippen molar-refractivity contribution < 1.29 is 23.1 Å². The van der Waals surface area contributed by atoms with Crippen molar-refractivity contribution in [2.45, 2.75) is 37.6 Å². The summed E-state index contributed by atoms with van der Waals surface area (Å²) in [4.78, 5) is 27.1. The summed E-state index contributed by atoms with van der Waals surface area (Å²) < 4.78 is 33.4. The highest BCUT2D eigenvalue weighted by molar-refractivity contribution is 6.03. The SMILES string of the molecule is CN1C(=O)[C@@H](NC(=O)c2n[nH]c3c2CC2(CC3)CC2(F)F)COc2ccccc21. The van der Waals surface area contributed by atoms with Gasteiger partial charge >= 0.3 is 0 Å². The number of nitrogens with zero attached hydrogens (tertiary/aromatic N) is 2. The van der Waals surface area contributed by atoms with Crippen LogP contribution in [-0.4, -0.2) is 47.6 Å². The number of hydrogen-bond acceptors (Lipinski definition) is 4. The number of carbonyl (C=O) groups excluding carboxylic acids is 2. The smallest absolute Gasteiger partial charge is 0.272 e. The summed E-state index contributed by atoms with van der Waals surface area (Å²) in [5.41, 5.74) is 0.895. The molecular formula is C20H20F2N4O3. The number of H-pyrrole nitrogens is 1. The second kappa shape index (κ2) is 6.01. The lowest BCUT2D eigenvalue weighted by atomic mass is 9.83. The maximum Gasteiger partial charge on any atom is 0.272 e. The van der Waals surface area contributed by atoms with Gasteiger partial charge in [-0.15, -0.1) is 0 Å². The van der Waals surface area contributed by atoms with Crippen molar-refractivity contribution >= 4 is 17.5 Å². The summed E-state index contributed by atoms with van der Waals surface area (Å²) in [5.74, 6) is -3.02. The molecule has 0 saturated heterocycles. The molecule has 3 aliphatic rings. The van der Waals surface area contributed by atoms with Crippen molar-refractivity contribution in [1.82, 2.24) is 15.5 Å². The number of aromatic amines is 1. The van der Waals surface area contributed by atoms with Crippen LogP contribution in [0.3, 0.4) is 0 Å². The van der Waals surface area contributed by atoms with Crippen molar-refractivity contribution in [2.75, 3.05) is 18.6 Å². The lowest BCUT2D eigenvalue weighted by molar-refractivity contribution is -0.120. The molecule has 5 rings (SSSR count). The van der Waals surface area contributed by atoms with Crippen LogP contribution >= 0.6 is 0 Å². The highest BCUT2D eigenvalue weighted by atomic mass is 19.3. The number of ether oxygens (including phenoxy) is 1. The number of alkyl halides is 2. The Morgan fingerprint density at radius 3 is 2.90 bits per heavy atom. The Morgan fingerprint density at radius 1 is 1.38 bits per heavy atom. The number of likely N-dealkylation sites (N-methyl/N-ethyl adjacent to an activating group) is 1. The fourth-order valence-corrected chi connectivity index (χ4v) is 4.40. The largest absolute Gasteiger partial charge is 0.489 e. The van der Waals surface area contributed by atoms with Gasteiger partial charge in [0.1, 0.15) is 18.4 Å². The molecule has 1 spiro atoms. The van der Waals surface area contributed by atoms with Gasteiger partial charge in [0, 0.05) is 30.1 Å². The van der Waals surface area contributed by atoms with Crippen LogP contribution in [0.25, 0.3) is 0 Å². The minimum atomic E-state index is -2.69. The number of fused-ring (bicyclic) bond motifs is 2. The summed E-state index contributed by atoms with van der Waals surface area (Å²) in [6.45, 7) is -0.0272. The zero-order valence-corrected chi connectivity index (χ0v) is 15.8. The Kier molecular flexibility index (Phi) is 3.75. The summed E-state index contributed by atoms with van der Waals surface area (Å²) in [7, 11) is 1.62. The molecule has 2 aromatic rings. The Morgan fingerprint density at radius 2 is 2.14 bits per heavy atom. The van der Waals surface area contributed by atoms with Gasteiger partial charge in [-0.2, -0.15) is 5.10 Å². The molecule has 1 aromatic carbocycles. The highest BCUT2D eigenvalue weighted by Crippen LogP contribution is 2.66. The molecule has 2 N–H and O–H groups in total. The molecule has 152 valence electrons. The lowest BCUT2D eigenvalue weighted by Gasteiger charge is -2.23. The first-order chi connectivity index (χ1) is 13.8. The quantitative estimate of drug-likeness (QED) is 0.805. The van der Waals surface area contributed by atoms with E-state index in [0.29, 0.717) is 29.8 Å². The van der Waals surface area contributed by atoms with E-state index >= 15 is 0 Å². The van der Waals surface area contributed by atoms with Crippen molar-refractivity contribution in [1.29, 1.82) is 0 Å². The van der Waals surface area contributed by atoms with E-state index in [4.69, 9.17) is 4.74 Å². The minimum absolute atomic E-state index is 0.0272. The maximum atomic E-state index is 13.9. The van der Waals surface area contributed by atoms with Crippen LogP contribution in [0.2, 0.25) is 0 Å². The van der Waals surface area contributed by atoms with Crippen molar-refractivity contribution in [3.8, 4) is 5.75 Å². The standard InChI is InChI=1S/C20H20F2N4O3/c1-26-14-4-2-3-5-15(14)29-9-13(18(26)28)23-17(27)16-11-8-19(10-20(19,21)22)7-6-12(11)24-25-16/h2-5,13H,6-10H2,1H3,(H,23,27)(H,24,25)/t13-,19?/m0/s1. The number of aryl methyl sites for hydroxylation is 1. The fraction of sp³-hybridized carbons (Fsp3) is 0.450. The third-order valence-electron chi connectivity index (χ3n) is 6.31. The number of rotatable bonds is 2. The molecule has 2 aliphatic carbocycles. The normalized spacial score (nSPS) is 26.9. The Hall–Kier alpha value is -2.97. The first-order valence-corrected chi connectivity index (χ1v) is 9.55. The number of aromatic nitrogens is 2. The van der Waals surface area contributed by atoms with Crippen molar-refractivity contribution in [2.24, 2.45) is 5.41 Å². The van der Waals surface area contributed by atoms with E-state index in [-0.39, 0.29) is 31.0 Å². The van der Waals surface area contributed by atoms with Gasteiger partial charge in [-0.3, -0.25) is 14.7 Å². The number of para-hydroxylation sites is 2. The Bertz CT molecular complexity index is 1020. The lowest BCUT2D eigenvalue weighted by Crippen LogP contribution is -2.49. The van der Waals surface area contributed by atoms with E-state index in [9.17, 15) is 18.4 Å². The van der Waals surface area contributed by atoms with Gasteiger partial charge < -0.3 is 15.0 Å². The van der Waals surface area contributed by atoms with E-state index in [2.05, 4.69) is 15.5 Å². The molecule has 0 radical (unpaired) electrons. The maximum absolute atomic E-state index is 13.9. The predicted octanol–water partition coefficient (Wildman–Crippen LogP) is 2.08. The molecule has 7 nitrogen and oxygen atoms in total.